The van der Waals surface area contributed by atoms with Crippen molar-refractivity contribution in [2.24, 2.45) is 0 Å². The molecule has 1 saturated carbocycles. The smallest absolute Gasteiger partial charge is 0.144 e. The van der Waals surface area contributed by atoms with Gasteiger partial charge in [-0.15, -0.1) is 11.3 Å². The average molecular weight is 274 g/mol. The number of carbonyl (C=O) groups is 1. The molecule has 0 amide bonds. The summed E-state index contributed by atoms with van der Waals surface area (Å²) in [4.78, 5) is 13.1. The van der Waals surface area contributed by atoms with E-state index < -0.39 is 0 Å². The van der Waals surface area contributed by atoms with Crippen LogP contribution < -0.4 is 0 Å². The molecule has 1 fully saturated rings. The Morgan fingerprint density at radius 1 is 1.32 bits per heavy atom. The van der Waals surface area contributed by atoms with Crippen LogP contribution in [0.3, 0.4) is 0 Å². The standard InChI is InChI=1S/C15H18N2OS/c18-14(11-15-6-3-9-19-15)10-12-7-8-17(16-12)13-4-1-2-5-13/h3,6-9,13H,1-2,4-5,10-11H2. The van der Waals surface area contributed by atoms with Gasteiger partial charge >= 0.3 is 0 Å². The third-order valence-corrected chi connectivity index (χ3v) is 4.57. The minimum atomic E-state index is 0.249. The first-order valence-electron chi connectivity index (χ1n) is 6.89. The number of thiophene rings is 1. The fraction of sp³-hybridized carbons (Fsp3) is 0.467. The Kier molecular flexibility index (Phi) is 3.78. The molecule has 0 aromatic carbocycles. The molecule has 3 nitrogen and oxygen atoms in total. The van der Waals surface area contributed by atoms with Gasteiger partial charge in [0.1, 0.15) is 5.78 Å². The van der Waals surface area contributed by atoms with Gasteiger partial charge in [-0.25, -0.2) is 0 Å². The second-order valence-corrected chi connectivity index (χ2v) is 6.23. The molecule has 3 rings (SSSR count). The van der Waals surface area contributed by atoms with E-state index in [2.05, 4.69) is 9.78 Å². The molecule has 100 valence electrons. The van der Waals surface area contributed by atoms with Gasteiger partial charge in [0.25, 0.3) is 0 Å². The van der Waals surface area contributed by atoms with E-state index in [1.807, 2.05) is 29.8 Å². The zero-order valence-corrected chi connectivity index (χ0v) is 11.7. The lowest BCUT2D eigenvalue weighted by molar-refractivity contribution is -0.117. The number of rotatable bonds is 5. The Balaban J connectivity index is 1.59. The average Bonchev–Trinajstić information content (AvgIpc) is 3.09. The van der Waals surface area contributed by atoms with Crippen LogP contribution in [-0.4, -0.2) is 15.6 Å². The van der Waals surface area contributed by atoms with Crippen LogP contribution in [0.25, 0.3) is 0 Å². The molecule has 0 bridgehead atoms. The predicted molar refractivity (Wildman–Crippen MR) is 76.5 cm³/mol. The van der Waals surface area contributed by atoms with Crippen molar-refractivity contribution in [1.29, 1.82) is 0 Å². The molecule has 0 atom stereocenters. The van der Waals surface area contributed by atoms with Crippen molar-refractivity contribution < 1.29 is 4.79 Å². The molecule has 0 radical (unpaired) electrons. The van der Waals surface area contributed by atoms with E-state index in [9.17, 15) is 4.79 Å². The molecular weight excluding hydrogens is 256 g/mol. The first-order valence-corrected chi connectivity index (χ1v) is 7.77. The molecule has 0 N–H and O–H groups in total. The maximum absolute atomic E-state index is 12.0. The topological polar surface area (TPSA) is 34.9 Å². The SMILES string of the molecule is O=C(Cc1ccn(C2CCCC2)n1)Cc1cccs1. The van der Waals surface area contributed by atoms with Crippen molar-refractivity contribution in [2.45, 2.75) is 44.6 Å². The molecule has 2 heterocycles. The van der Waals surface area contributed by atoms with Crippen LogP contribution >= 0.6 is 11.3 Å². The lowest BCUT2D eigenvalue weighted by atomic mass is 10.1. The molecule has 2 aromatic rings. The number of ketones is 1. The Labute approximate surface area is 117 Å². The van der Waals surface area contributed by atoms with E-state index in [1.54, 1.807) is 11.3 Å². The summed E-state index contributed by atoms with van der Waals surface area (Å²) in [6, 6.07) is 6.55. The highest BCUT2D eigenvalue weighted by molar-refractivity contribution is 7.10. The zero-order chi connectivity index (χ0) is 13.1. The number of Topliss-reactive ketones (excluding diaryl/α,β-unsaturated/α-hetero) is 1. The Morgan fingerprint density at radius 3 is 2.89 bits per heavy atom. The molecule has 4 heteroatoms. The zero-order valence-electron chi connectivity index (χ0n) is 10.9. The molecular formula is C15H18N2OS. The highest BCUT2D eigenvalue weighted by atomic mass is 32.1. The molecule has 0 spiro atoms. The van der Waals surface area contributed by atoms with Crippen LogP contribution in [0.1, 0.15) is 42.3 Å². The van der Waals surface area contributed by atoms with Crippen LogP contribution in [0.4, 0.5) is 0 Å². The molecule has 1 aliphatic carbocycles. The van der Waals surface area contributed by atoms with Gasteiger partial charge in [-0.05, 0) is 30.4 Å². The van der Waals surface area contributed by atoms with Gasteiger partial charge in [0, 0.05) is 17.5 Å². The summed E-state index contributed by atoms with van der Waals surface area (Å²) in [5, 5.41) is 6.57. The van der Waals surface area contributed by atoms with Crippen molar-refractivity contribution in [3.05, 3.63) is 40.3 Å². The highest BCUT2D eigenvalue weighted by Crippen LogP contribution is 2.28. The van der Waals surface area contributed by atoms with Crippen molar-refractivity contribution in [3.63, 3.8) is 0 Å². The van der Waals surface area contributed by atoms with E-state index in [1.165, 1.54) is 25.7 Å². The Morgan fingerprint density at radius 2 is 2.16 bits per heavy atom. The fourth-order valence-electron chi connectivity index (χ4n) is 2.72. The van der Waals surface area contributed by atoms with Crippen molar-refractivity contribution in [3.8, 4) is 0 Å². The second-order valence-electron chi connectivity index (χ2n) is 5.20. The van der Waals surface area contributed by atoms with Crippen molar-refractivity contribution >= 4 is 17.1 Å². The molecule has 2 aromatic heterocycles. The number of nitrogens with zero attached hydrogens (tertiary/aromatic N) is 2. The van der Waals surface area contributed by atoms with Crippen LogP contribution in [-0.2, 0) is 17.6 Å². The van der Waals surface area contributed by atoms with Gasteiger partial charge in [0.05, 0.1) is 18.2 Å². The summed E-state index contributed by atoms with van der Waals surface area (Å²) < 4.78 is 2.06. The number of hydrogen-bond donors (Lipinski definition) is 0. The fourth-order valence-corrected chi connectivity index (χ4v) is 3.45. The monoisotopic (exact) mass is 274 g/mol. The largest absolute Gasteiger partial charge is 0.299 e. The van der Waals surface area contributed by atoms with Gasteiger partial charge in [0.15, 0.2) is 0 Å². The summed E-state index contributed by atoms with van der Waals surface area (Å²) in [6.45, 7) is 0. The molecule has 1 aliphatic rings. The second kappa shape index (κ2) is 5.70. The van der Waals surface area contributed by atoms with Gasteiger partial charge in [-0.1, -0.05) is 18.9 Å². The lowest BCUT2D eigenvalue weighted by Crippen LogP contribution is -2.09. The first-order chi connectivity index (χ1) is 9.31. The van der Waals surface area contributed by atoms with Crippen molar-refractivity contribution in [1.82, 2.24) is 9.78 Å². The molecule has 19 heavy (non-hydrogen) atoms. The molecule has 0 unspecified atom stereocenters. The number of aromatic nitrogens is 2. The van der Waals surface area contributed by atoms with E-state index in [0.717, 1.165) is 10.6 Å². The third kappa shape index (κ3) is 3.13. The van der Waals surface area contributed by atoms with E-state index in [-0.39, 0.29) is 5.78 Å². The number of hydrogen-bond acceptors (Lipinski definition) is 3. The minimum absolute atomic E-state index is 0.249. The van der Waals surface area contributed by atoms with E-state index >= 15 is 0 Å². The van der Waals surface area contributed by atoms with Crippen LogP contribution in [0, 0.1) is 0 Å². The summed E-state index contributed by atoms with van der Waals surface area (Å²) >= 11 is 1.64. The quantitative estimate of drug-likeness (QED) is 0.837. The molecule has 0 aliphatic heterocycles. The molecule has 0 saturated heterocycles. The van der Waals surface area contributed by atoms with Crippen LogP contribution in [0.5, 0.6) is 0 Å². The first kappa shape index (κ1) is 12.6. The van der Waals surface area contributed by atoms with Gasteiger partial charge in [-0.3, -0.25) is 9.48 Å². The van der Waals surface area contributed by atoms with Crippen LogP contribution in [0.15, 0.2) is 29.8 Å². The number of carbonyl (C=O) groups excluding carboxylic acids is 1. The lowest BCUT2D eigenvalue weighted by Gasteiger charge is -2.08. The maximum atomic E-state index is 12.0. The summed E-state index contributed by atoms with van der Waals surface area (Å²) in [7, 11) is 0. The maximum Gasteiger partial charge on any atom is 0.144 e. The Bertz CT molecular complexity index is 538. The highest BCUT2D eigenvalue weighted by Gasteiger charge is 2.18. The van der Waals surface area contributed by atoms with E-state index in [0.29, 0.717) is 18.9 Å². The Hall–Kier alpha value is -1.42. The summed E-state index contributed by atoms with van der Waals surface area (Å²) in [5.74, 6) is 0.249. The summed E-state index contributed by atoms with van der Waals surface area (Å²) in [6.07, 6.45) is 8.08. The predicted octanol–water partition coefficient (Wildman–Crippen LogP) is 3.41. The van der Waals surface area contributed by atoms with E-state index in [4.69, 9.17) is 0 Å². The minimum Gasteiger partial charge on any atom is -0.299 e. The third-order valence-electron chi connectivity index (χ3n) is 3.69. The van der Waals surface area contributed by atoms with Crippen LogP contribution in [0.2, 0.25) is 0 Å². The van der Waals surface area contributed by atoms with Crippen molar-refractivity contribution in [2.75, 3.05) is 0 Å². The normalized spacial score (nSPS) is 16.0. The van der Waals surface area contributed by atoms with Gasteiger partial charge in [-0.2, -0.15) is 5.10 Å². The summed E-state index contributed by atoms with van der Waals surface area (Å²) in [5.41, 5.74) is 0.911. The van der Waals surface area contributed by atoms with Gasteiger partial charge in [0.2, 0.25) is 0 Å². The van der Waals surface area contributed by atoms with Gasteiger partial charge < -0.3 is 0 Å².